The maximum absolute atomic E-state index is 12.2. The Morgan fingerprint density at radius 1 is 1.33 bits per heavy atom. The number of carbonyl (C=O) groups excluding carboxylic acids is 1. The van der Waals surface area contributed by atoms with Crippen molar-refractivity contribution in [3.05, 3.63) is 64.0 Å². The van der Waals surface area contributed by atoms with Gasteiger partial charge in [0.15, 0.2) is 23.8 Å². The average molecular weight is 407 g/mol. The molecule has 4 rings (SSSR count). The van der Waals surface area contributed by atoms with Crippen molar-refractivity contribution in [2.24, 2.45) is 0 Å². The van der Waals surface area contributed by atoms with E-state index >= 15 is 0 Å². The zero-order valence-electron chi connectivity index (χ0n) is 16.4. The summed E-state index contributed by atoms with van der Waals surface area (Å²) >= 11 is 0. The molecule has 0 unspecified atom stereocenters. The van der Waals surface area contributed by atoms with Gasteiger partial charge in [-0.2, -0.15) is 15.2 Å². The number of benzene rings is 1. The van der Waals surface area contributed by atoms with Gasteiger partial charge in [-0.1, -0.05) is 0 Å². The molecular formula is C20H17N5O5. The lowest BCUT2D eigenvalue weighted by Gasteiger charge is -2.09. The van der Waals surface area contributed by atoms with Crippen molar-refractivity contribution in [2.75, 3.05) is 0 Å². The second-order valence-electron chi connectivity index (χ2n) is 6.89. The zero-order chi connectivity index (χ0) is 21.4. The molecule has 10 nitrogen and oxygen atoms in total. The average Bonchev–Trinajstić information content (AvgIpc) is 3.42. The van der Waals surface area contributed by atoms with Crippen molar-refractivity contribution in [1.29, 1.82) is 5.26 Å². The van der Waals surface area contributed by atoms with Crippen LogP contribution in [0.3, 0.4) is 0 Å². The quantitative estimate of drug-likeness (QED) is 0.462. The first-order valence-electron chi connectivity index (χ1n) is 9.11. The predicted molar refractivity (Wildman–Crippen MR) is 103 cm³/mol. The van der Waals surface area contributed by atoms with Crippen molar-refractivity contribution in [3.63, 3.8) is 0 Å². The molecule has 30 heavy (non-hydrogen) atoms. The maximum atomic E-state index is 12.2. The molecular weight excluding hydrogens is 390 g/mol. The summed E-state index contributed by atoms with van der Waals surface area (Å²) < 4.78 is 16.6. The number of carbonyl (C=O) groups is 1. The summed E-state index contributed by atoms with van der Waals surface area (Å²) in [6.07, 6.45) is 3.09. The normalized spacial score (nSPS) is 11.2. The van der Waals surface area contributed by atoms with Gasteiger partial charge in [-0.3, -0.25) is 0 Å². The van der Waals surface area contributed by atoms with E-state index in [1.165, 1.54) is 17.9 Å². The fraction of sp³-hybridized carbons (Fsp3) is 0.250. The fourth-order valence-electron chi connectivity index (χ4n) is 3.08. The molecule has 0 amide bonds. The molecule has 0 saturated carbocycles. The minimum atomic E-state index is -0.858. The minimum absolute atomic E-state index is 0.0150. The lowest BCUT2D eigenvalue weighted by atomic mass is 10.1. The minimum Gasteiger partial charge on any atom is -0.453 e. The molecule has 0 aliphatic heterocycles. The largest absolute Gasteiger partial charge is 0.519 e. The van der Waals surface area contributed by atoms with Crippen LogP contribution in [0.4, 0.5) is 0 Å². The van der Waals surface area contributed by atoms with Crippen LogP contribution in [0.25, 0.3) is 16.6 Å². The van der Waals surface area contributed by atoms with Gasteiger partial charge >= 0.3 is 11.8 Å². The highest BCUT2D eigenvalue weighted by Crippen LogP contribution is 2.26. The molecule has 0 fully saturated rings. The van der Waals surface area contributed by atoms with E-state index in [-0.39, 0.29) is 29.9 Å². The molecule has 1 aromatic carbocycles. The summed E-state index contributed by atoms with van der Waals surface area (Å²) in [6, 6.07) is 7.89. The van der Waals surface area contributed by atoms with Crippen LogP contribution in [0.2, 0.25) is 0 Å². The van der Waals surface area contributed by atoms with Crippen molar-refractivity contribution in [3.8, 4) is 11.8 Å². The van der Waals surface area contributed by atoms with Crippen LogP contribution < -0.4 is 5.82 Å². The second kappa shape index (κ2) is 7.36. The second-order valence-corrected chi connectivity index (χ2v) is 6.89. The van der Waals surface area contributed by atoms with Gasteiger partial charge in [0, 0.05) is 23.1 Å². The molecule has 0 N–H and O–H groups in total. The Morgan fingerprint density at radius 3 is 2.80 bits per heavy atom. The number of fused-ring (bicyclic) bond motifs is 1. The number of nitrogens with zero attached hydrogens (tertiary/aromatic N) is 5. The van der Waals surface area contributed by atoms with Gasteiger partial charge in [0.1, 0.15) is 6.07 Å². The molecule has 152 valence electrons. The van der Waals surface area contributed by atoms with Crippen molar-refractivity contribution in [2.45, 2.75) is 33.4 Å². The van der Waals surface area contributed by atoms with Gasteiger partial charge in [-0.05, 0) is 39.0 Å². The molecule has 10 heteroatoms. The number of nitriles is 1. The molecule has 0 saturated heterocycles. The molecule has 0 atom stereocenters. The summed E-state index contributed by atoms with van der Waals surface area (Å²) in [7, 11) is 0. The molecule has 3 heterocycles. The van der Waals surface area contributed by atoms with Gasteiger partial charge in [0.25, 0.3) is 0 Å². The van der Waals surface area contributed by atoms with E-state index < -0.39 is 11.8 Å². The first-order valence-corrected chi connectivity index (χ1v) is 9.11. The van der Waals surface area contributed by atoms with Crippen LogP contribution in [0.1, 0.15) is 47.5 Å². The summed E-state index contributed by atoms with van der Waals surface area (Å²) in [6.45, 7) is 5.35. The highest BCUT2D eigenvalue weighted by Gasteiger charge is 2.17. The summed E-state index contributed by atoms with van der Waals surface area (Å²) in [5, 5.41) is 18.5. The fourth-order valence-corrected chi connectivity index (χ4v) is 3.08. The van der Waals surface area contributed by atoms with Gasteiger partial charge in [0.05, 0.1) is 17.4 Å². The van der Waals surface area contributed by atoms with Gasteiger partial charge < -0.3 is 18.1 Å². The Kier molecular flexibility index (Phi) is 4.71. The van der Waals surface area contributed by atoms with E-state index in [2.05, 4.69) is 16.3 Å². The van der Waals surface area contributed by atoms with E-state index in [9.17, 15) is 14.9 Å². The van der Waals surface area contributed by atoms with Crippen molar-refractivity contribution >= 4 is 16.9 Å². The van der Waals surface area contributed by atoms with E-state index in [1.54, 1.807) is 12.1 Å². The zero-order valence-corrected chi connectivity index (χ0v) is 16.4. The first kappa shape index (κ1) is 19.2. The Bertz CT molecular complexity index is 1350. The number of aromatic nitrogens is 4. The Balaban J connectivity index is 1.58. The number of hydrogen-bond donors (Lipinski definition) is 0. The highest BCUT2D eigenvalue weighted by atomic mass is 16.6. The number of esters is 1. The van der Waals surface area contributed by atoms with Crippen LogP contribution in [0, 0.1) is 18.3 Å². The summed E-state index contributed by atoms with van der Waals surface area (Å²) in [5.74, 6) is -1.21. The van der Waals surface area contributed by atoms with Crippen LogP contribution in [-0.2, 0) is 11.3 Å². The Labute approximate surface area is 169 Å². The third-order valence-electron chi connectivity index (χ3n) is 4.60. The van der Waals surface area contributed by atoms with Gasteiger partial charge in [0.2, 0.25) is 0 Å². The SMILES string of the molecule is Cc1oc(=O)oc1COC(=O)c1cnn(-c2ccc3c(c2)c(C#N)cn3C(C)C)n1. The topological polar surface area (TPSA) is 129 Å². The number of rotatable bonds is 5. The van der Waals surface area contributed by atoms with E-state index in [0.717, 1.165) is 10.9 Å². The van der Waals surface area contributed by atoms with E-state index in [1.807, 2.05) is 30.7 Å². The molecule has 0 bridgehead atoms. The lowest BCUT2D eigenvalue weighted by Crippen LogP contribution is -2.07. The predicted octanol–water partition coefficient (Wildman–Crippen LogP) is 2.89. The Hall–Kier alpha value is -4.13. The van der Waals surface area contributed by atoms with Gasteiger partial charge in [-0.15, -0.1) is 5.10 Å². The monoisotopic (exact) mass is 407 g/mol. The smallest absolute Gasteiger partial charge is 0.453 e. The van der Waals surface area contributed by atoms with Crippen LogP contribution >= 0.6 is 0 Å². The molecule has 0 aliphatic rings. The molecule has 0 aliphatic carbocycles. The van der Waals surface area contributed by atoms with Crippen LogP contribution in [0.5, 0.6) is 0 Å². The van der Waals surface area contributed by atoms with Crippen LogP contribution in [0.15, 0.2) is 44.2 Å². The van der Waals surface area contributed by atoms with E-state index in [0.29, 0.717) is 11.3 Å². The number of hydrogen-bond acceptors (Lipinski definition) is 8. The first-order chi connectivity index (χ1) is 14.4. The number of aryl methyl sites for hydroxylation is 1. The molecule has 0 spiro atoms. The molecule has 0 radical (unpaired) electrons. The number of ether oxygens (including phenoxy) is 1. The third-order valence-corrected chi connectivity index (χ3v) is 4.60. The standard InChI is InChI=1S/C20H17N5O5/c1-11(2)24-9-13(7-21)15-6-14(4-5-17(15)24)25-22-8-16(23-25)19(26)28-10-18-12(3)29-20(27)30-18/h4-6,8-9,11H,10H2,1-3H3. The van der Waals surface area contributed by atoms with Crippen molar-refractivity contribution in [1.82, 2.24) is 19.6 Å². The van der Waals surface area contributed by atoms with Gasteiger partial charge in [-0.25, -0.2) is 9.59 Å². The highest BCUT2D eigenvalue weighted by molar-refractivity contribution is 5.88. The Morgan fingerprint density at radius 2 is 2.13 bits per heavy atom. The van der Waals surface area contributed by atoms with Crippen molar-refractivity contribution < 1.29 is 18.4 Å². The van der Waals surface area contributed by atoms with E-state index in [4.69, 9.17) is 13.6 Å². The molecule has 3 aromatic heterocycles. The lowest BCUT2D eigenvalue weighted by molar-refractivity contribution is 0.0435. The maximum Gasteiger partial charge on any atom is 0.519 e. The summed E-state index contributed by atoms with van der Waals surface area (Å²) in [4.78, 5) is 24.6. The van der Waals surface area contributed by atoms with Crippen LogP contribution in [-0.4, -0.2) is 25.5 Å². The molecule has 4 aromatic rings. The third kappa shape index (κ3) is 3.37. The summed E-state index contributed by atoms with van der Waals surface area (Å²) in [5.41, 5.74) is 2.05.